The minimum absolute atomic E-state index is 0.0226. The van der Waals surface area contributed by atoms with Gasteiger partial charge in [0.25, 0.3) is 0 Å². The maximum absolute atomic E-state index is 11.6. The molecule has 0 aliphatic rings. The summed E-state index contributed by atoms with van der Waals surface area (Å²) in [6, 6.07) is 5.51. The predicted molar refractivity (Wildman–Crippen MR) is 74.9 cm³/mol. The molecule has 0 fully saturated rings. The van der Waals surface area contributed by atoms with Gasteiger partial charge in [-0.2, -0.15) is 0 Å². The number of nitrogens with one attached hydrogen (secondary N) is 1. The van der Waals surface area contributed by atoms with Crippen molar-refractivity contribution in [3.63, 3.8) is 0 Å². The molecule has 0 atom stereocenters. The number of hydrogen-bond donors (Lipinski definition) is 2. The average molecular weight is 261 g/mol. The Morgan fingerprint density at radius 2 is 2.26 bits per heavy atom. The number of hydrogen-bond acceptors (Lipinski definition) is 3. The number of aliphatic hydroxyl groups is 1. The second-order valence-corrected chi connectivity index (χ2v) is 4.13. The van der Waals surface area contributed by atoms with Gasteiger partial charge in [-0.15, -0.1) is 0 Å². The number of anilines is 1. The topological polar surface area (TPSA) is 58.6 Å². The van der Waals surface area contributed by atoms with Crippen LogP contribution < -0.4 is 5.32 Å². The van der Waals surface area contributed by atoms with Crippen LogP contribution in [0.1, 0.15) is 24.0 Å². The molecular weight excluding hydrogens is 242 g/mol. The smallest absolute Gasteiger partial charge is 0.224 e. The van der Waals surface area contributed by atoms with E-state index in [0.29, 0.717) is 19.4 Å². The zero-order valence-corrected chi connectivity index (χ0v) is 11.3. The molecule has 1 amide bonds. The van der Waals surface area contributed by atoms with Crippen molar-refractivity contribution in [1.29, 1.82) is 0 Å². The standard InChI is InChI=1S/C15H19NO3/c1-12-11-14(8-7-13(12)5-3-9-17)16-15(18)6-4-10-19-2/h7-8,11,17H,4,6,9-10H2,1-2H3,(H,16,18). The molecule has 0 saturated carbocycles. The Morgan fingerprint density at radius 3 is 2.89 bits per heavy atom. The van der Waals surface area contributed by atoms with Crippen LogP contribution in [0.2, 0.25) is 0 Å². The summed E-state index contributed by atoms with van der Waals surface area (Å²) in [5.74, 6) is 5.44. The van der Waals surface area contributed by atoms with Crippen LogP contribution in [0.15, 0.2) is 18.2 Å². The number of aryl methyl sites for hydroxylation is 1. The van der Waals surface area contributed by atoms with Crippen LogP contribution >= 0.6 is 0 Å². The second-order valence-electron chi connectivity index (χ2n) is 4.13. The zero-order valence-electron chi connectivity index (χ0n) is 11.3. The molecular formula is C15H19NO3. The third-order valence-corrected chi connectivity index (χ3v) is 2.56. The monoisotopic (exact) mass is 261 g/mol. The van der Waals surface area contributed by atoms with E-state index in [-0.39, 0.29) is 12.5 Å². The Kier molecular flexibility index (Phi) is 6.65. The lowest BCUT2D eigenvalue weighted by Crippen LogP contribution is -2.12. The summed E-state index contributed by atoms with van der Waals surface area (Å²) in [4.78, 5) is 11.6. The number of methoxy groups -OCH3 is 1. The summed E-state index contributed by atoms with van der Waals surface area (Å²) in [6.07, 6.45) is 1.15. The van der Waals surface area contributed by atoms with Crippen molar-refractivity contribution in [1.82, 2.24) is 0 Å². The van der Waals surface area contributed by atoms with Gasteiger partial charge in [0.05, 0.1) is 0 Å². The van der Waals surface area contributed by atoms with Crippen LogP contribution in [-0.2, 0) is 9.53 Å². The number of aliphatic hydroxyl groups excluding tert-OH is 1. The van der Waals surface area contributed by atoms with E-state index in [9.17, 15) is 4.79 Å². The van der Waals surface area contributed by atoms with E-state index in [1.54, 1.807) is 7.11 Å². The third-order valence-electron chi connectivity index (χ3n) is 2.56. The molecule has 0 bridgehead atoms. The number of benzene rings is 1. The van der Waals surface area contributed by atoms with Crippen LogP contribution in [0.5, 0.6) is 0 Å². The number of carbonyl (C=O) groups is 1. The first kappa shape index (κ1) is 15.2. The van der Waals surface area contributed by atoms with Gasteiger partial charge in [-0.3, -0.25) is 4.79 Å². The first-order valence-electron chi connectivity index (χ1n) is 6.16. The van der Waals surface area contributed by atoms with Crippen molar-refractivity contribution >= 4 is 11.6 Å². The molecule has 0 unspecified atom stereocenters. The highest BCUT2D eigenvalue weighted by molar-refractivity contribution is 5.90. The largest absolute Gasteiger partial charge is 0.385 e. The van der Waals surface area contributed by atoms with Gasteiger partial charge in [0.2, 0.25) is 5.91 Å². The SMILES string of the molecule is COCCCC(=O)Nc1ccc(C#CCO)c(C)c1. The first-order chi connectivity index (χ1) is 9.17. The highest BCUT2D eigenvalue weighted by atomic mass is 16.5. The van der Waals surface area contributed by atoms with Gasteiger partial charge in [-0.25, -0.2) is 0 Å². The van der Waals surface area contributed by atoms with Gasteiger partial charge in [0.1, 0.15) is 6.61 Å². The van der Waals surface area contributed by atoms with E-state index in [1.165, 1.54) is 0 Å². The quantitative estimate of drug-likeness (QED) is 0.626. The van der Waals surface area contributed by atoms with Crippen molar-refractivity contribution in [2.45, 2.75) is 19.8 Å². The predicted octanol–water partition coefficient (Wildman–Crippen LogP) is 1.70. The van der Waals surface area contributed by atoms with Crippen LogP contribution in [-0.4, -0.2) is 31.3 Å². The molecule has 0 aliphatic heterocycles. The molecule has 1 aromatic rings. The van der Waals surface area contributed by atoms with Gasteiger partial charge in [-0.05, 0) is 37.1 Å². The highest BCUT2D eigenvalue weighted by Gasteiger charge is 2.03. The summed E-state index contributed by atoms with van der Waals surface area (Å²) in [5, 5.41) is 11.5. The highest BCUT2D eigenvalue weighted by Crippen LogP contribution is 2.14. The van der Waals surface area contributed by atoms with Crippen molar-refractivity contribution in [2.24, 2.45) is 0 Å². The number of amides is 1. The zero-order chi connectivity index (χ0) is 14.1. The van der Waals surface area contributed by atoms with Crippen LogP contribution in [0.3, 0.4) is 0 Å². The maximum Gasteiger partial charge on any atom is 0.224 e. The second kappa shape index (κ2) is 8.30. The third kappa shape index (κ3) is 5.56. The average Bonchev–Trinajstić information content (AvgIpc) is 2.38. The van der Waals surface area contributed by atoms with Gasteiger partial charge in [0, 0.05) is 31.4 Å². The van der Waals surface area contributed by atoms with Gasteiger partial charge < -0.3 is 15.2 Å². The lowest BCUT2D eigenvalue weighted by molar-refractivity contribution is -0.116. The molecule has 0 heterocycles. The Bertz CT molecular complexity index is 486. The van der Waals surface area contributed by atoms with Gasteiger partial charge in [0.15, 0.2) is 0 Å². The summed E-state index contributed by atoms with van der Waals surface area (Å²) in [6.45, 7) is 2.35. The molecule has 1 aromatic carbocycles. The summed E-state index contributed by atoms with van der Waals surface area (Å²) in [5.41, 5.74) is 2.58. The van der Waals surface area contributed by atoms with E-state index < -0.39 is 0 Å². The molecule has 0 spiro atoms. The Morgan fingerprint density at radius 1 is 1.47 bits per heavy atom. The molecule has 0 radical (unpaired) electrons. The van der Waals surface area contributed by atoms with Crippen molar-refractivity contribution in [2.75, 3.05) is 25.6 Å². The van der Waals surface area contributed by atoms with Gasteiger partial charge in [-0.1, -0.05) is 11.8 Å². The fraction of sp³-hybridized carbons (Fsp3) is 0.400. The molecule has 0 aliphatic carbocycles. The molecule has 0 saturated heterocycles. The summed E-state index contributed by atoms with van der Waals surface area (Å²) in [7, 11) is 1.62. The van der Waals surface area contributed by atoms with Gasteiger partial charge >= 0.3 is 0 Å². The minimum Gasteiger partial charge on any atom is -0.385 e. The Balaban J connectivity index is 2.60. The van der Waals surface area contributed by atoms with E-state index in [1.807, 2.05) is 25.1 Å². The Hall–Kier alpha value is -1.83. The van der Waals surface area contributed by atoms with Crippen molar-refractivity contribution < 1.29 is 14.6 Å². The van der Waals surface area contributed by atoms with Crippen molar-refractivity contribution in [3.8, 4) is 11.8 Å². The van der Waals surface area contributed by atoms with E-state index in [4.69, 9.17) is 9.84 Å². The first-order valence-corrected chi connectivity index (χ1v) is 6.16. The fourth-order valence-corrected chi connectivity index (χ4v) is 1.62. The molecule has 4 nitrogen and oxygen atoms in total. The van der Waals surface area contributed by atoms with Crippen LogP contribution in [0, 0.1) is 18.8 Å². The number of carbonyl (C=O) groups excluding carboxylic acids is 1. The van der Waals surface area contributed by atoms with E-state index in [0.717, 1.165) is 16.8 Å². The lowest BCUT2D eigenvalue weighted by Gasteiger charge is -2.07. The molecule has 1 rings (SSSR count). The molecule has 4 heteroatoms. The molecule has 102 valence electrons. The van der Waals surface area contributed by atoms with E-state index in [2.05, 4.69) is 17.2 Å². The molecule has 19 heavy (non-hydrogen) atoms. The minimum atomic E-state index is -0.155. The maximum atomic E-state index is 11.6. The normalized spacial score (nSPS) is 9.63. The Labute approximate surface area is 113 Å². The number of ether oxygens (including phenoxy) is 1. The summed E-state index contributed by atoms with van der Waals surface area (Å²) < 4.78 is 4.90. The fourth-order valence-electron chi connectivity index (χ4n) is 1.62. The van der Waals surface area contributed by atoms with E-state index >= 15 is 0 Å². The van der Waals surface area contributed by atoms with Crippen molar-refractivity contribution in [3.05, 3.63) is 29.3 Å². The summed E-state index contributed by atoms with van der Waals surface area (Å²) >= 11 is 0. The number of rotatable bonds is 5. The van der Waals surface area contributed by atoms with Crippen LogP contribution in [0.4, 0.5) is 5.69 Å². The molecule has 0 aromatic heterocycles. The molecule has 2 N–H and O–H groups in total. The lowest BCUT2D eigenvalue weighted by atomic mass is 10.1. The van der Waals surface area contributed by atoms with Crippen LogP contribution in [0.25, 0.3) is 0 Å².